The summed E-state index contributed by atoms with van der Waals surface area (Å²) >= 11 is 0. The number of fused-ring (bicyclic) bond motifs is 6. The summed E-state index contributed by atoms with van der Waals surface area (Å²) < 4.78 is 4.41. The lowest BCUT2D eigenvalue weighted by Crippen LogP contribution is -2.30. The fraction of sp³-hybridized carbons (Fsp3) is 0.0169. The van der Waals surface area contributed by atoms with Gasteiger partial charge in [0.2, 0.25) is 5.95 Å². The second-order valence-corrected chi connectivity index (χ2v) is 16.3. The number of benzene rings is 9. The number of nitrogens with zero attached hydrogens (tertiary/aromatic N) is 6. The second-order valence-electron chi connectivity index (χ2n) is 16.3. The van der Waals surface area contributed by atoms with Gasteiger partial charge >= 0.3 is 0 Å². The van der Waals surface area contributed by atoms with Crippen LogP contribution in [0.25, 0.3) is 78.0 Å². The van der Waals surface area contributed by atoms with E-state index >= 15 is 0 Å². The van der Waals surface area contributed by atoms with Gasteiger partial charge in [-0.25, -0.2) is 4.98 Å². The zero-order valence-corrected chi connectivity index (χ0v) is 35.1. The minimum Gasteiger partial charge on any atom is -0.309 e. The molecule has 0 amide bonds. The number of rotatable bonds is 8. The van der Waals surface area contributed by atoms with Gasteiger partial charge in [0.1, 0.15) is 0 Å². The molecular formula is C59H38N6. The Kier molecular flexibility index (Phi) is 8.99. The molecule has 0 spiro atoms. The van der Waals surface area contributed by atoms with Crippen LogP contribution in [0, 0.1) is 11.3 Å². The minimum absolute atomic E-state index is 0.532. The number of nitriles is 1. The SMILES string of the molecule is N#Cc1ccc2c(c1)c1ccccc1n2-c1cccc(-c2nc(-c3ccc(C(c4ccccc4)(c4ccccc4)c4ccccc4)cc3)nc(-n3c4ccccc4c4ccccc43)n2)c1. The Labute approximate surface area is 375 Å². The quantitative estimate of drug-likeness (QED) is 0.143. The van der Waals surface area contributed by atoms with Gasteiger partial charge in [-0.15, -0.1) is 0 Å². The lowest BCUT2D eigenvalue weighted by atomic mass is 9.65. The standard InChI is InChI=1S/C59H38N6/c60-39-40-31-36-55-51(37-40)50-27-12-13-28-52(50)64(55)47-24-16-17-42(38-47)57-61-56(62-58(63-57)65-53-29-14-10-25-48(53)49-26-11-15-30-54(49)65)41-32-34-46(35-33-41)59(43-18-4-1-5-19-43,44-20-6-2-7-21-44)45-22-8-3-9-23-45/h1-38H. The maximum Gasteiger partial charge on any atom is 0.238 e. The molecule has 12 rings (SSSR count). The van der Waals surface area contributed by atoms with Crippen LogP contribution in [0.3, 0.4) is 0 Å². The number of aromatic nitrogens is 5. The lowest BCUT2D eigenvalue weighted by Gasteiger charge is -2.37. The zero-order chi connectivity index (χ0) is 43.3. The van der Waals surface area contributed by atoms with E-state index < -0.39 is 5.41 Å². The monoisotopic (exact) mass is 830 g/mol. The maximum atomic E-state index is 9.78. The highest BCUT2D eigenvalue weighted by molar-refractivity contribution is 6.10. The Bertz CT molecular complexity index is 3620. The lowest BCUT2D eigenvalue weighted by molar-refractivity contribution is 0.745. The molecule has 12 aromatic rings. The Hall–Kier alpha value is -8.92. The minimum atomic E-state index is -0.593. The van der Waals surface area contributed by atoms with Crippen LogP contribution in [0.1, 0.15) is 27.8 Å². The number of para-hydroxylation sites is 3. The molecule has 0 N–H and O–H groups in total. The van der Waals surface area contributed by atoms with E-state index in [4.69, 9.17) is 15.0 Å². The van der Waals surface area contributed by atoms with Crippen LogP contribution in [0.2, 0.25) is 0 Å². The van der Waals surface area contributed by atoms with Crippen molar-refractivity contribution < 1.29 is 0 Å². The fourth-order valence-corrected chi connectivity index (χ4v) is 9.90. The summed E-state index contributed by atoms with van der Waals surface area (Å²) in [4.78, 5) is 15.9. The molecule has 0 fully saturated rings. The molecule has 6 heteroatoms. The van der Waals surface area contributed by atoms with E-state index in [2.05, 4.69) is 221 Å². The van der Waals surface area contributed by atoms with E-state index in [0.29, 0.717) is 23.2 Å². The van der Waals surface area contributed by atoms with Crippen molar-refractivity contribution in [3.63, 3.8) is 0 Å². The topological polar surface area (TPSA) is 72.3 Å². The summed E-state index contributed by atoms with van der Waals surface area (Å²) in [6.45, 7) is 0. The highest BCUT2D eigenvalue weighted by Crippen LogP contribution is 2.45. The average molecular weight is 831 g/mol. The molecule has 65 heavy (non-hydrogen) atoms. The van der Waals surface area contributed by atoms with Gasteiger partial charge in [0.05, 0.1) is 39.1 Å². The number of hydrogen-bond donors (Lipinski definition) is 0. The maximum absolute atomic E-state index is 9.78. The van der Waals surface area contributed by atoms with E-state index in [-0.39, 0.29) is 0 Å². The normalized spacial score (nSPS) is 11.7. The van der Waals surface area contributed by atoms with Crippen molar-refractivity contribution in [3.05, 3.63) is 258 Å². The Morgan fingerprint density at radius 2 is 0.815 bits per heavy atom. The molecule has 0 aliphatic carbocycles. The van der Waals surface area contributed by atoms with Crippen LogP contribution in [0.4, 0.5) is 0 Å². The van der Waals surface area contributed by atoms with Crippen molar-refractivity contribution in [2.24, 2.45) is 0 Å². The Balaban J connectivity index is 1.07. The van der Waals surface area contributed by atoms with Crippen molar-refractivity contribution in [2.75, 3.05) is 0 Å². The zero-order valence-electron chi connectivity index (χ0n) is 35.1. The van der Waals surface area contributed by atoms with E-state index in [1.54, 1.807) is 0 Å². The van der Waals surface area contributed by atoms with Gasteiger partial charge in [0.15, 0.2) is 11.6 Å². The predicted molar refractivity (Wildman–Crippen MR) is 262 cm³/mol. The summed E-state index contributed by atoms with van der Waals surface area (Å²) in [5.74, 6) is 1.65. The molecule has 9 aromatic carbocycles. The third-order valence-corrected chi connectivity index (χ3v) is 12.8. The molecule has 0 radical (unpaired) electrons. The largest absolute Gasteiger partial charge is 0.309 e. The van der Waals surface area contributed by atoms with Crippen LogP contribution in [-0.2, 0) is 5.41 Å². The van der Waals surface area contributed by atoms with Crippen molar-refractivity contribution in [1.82, 2.24) is 24.1 Å². The molecule has 0 aliphatic heterocycles. The van der Waals surface area contributed by atoms with Crippen LogP contribution in [0.5, 0.6) is 0 Å². The van der Waals surface area contributed by atoms with Gasteiger partial charge in [0, 0.05) is 38.4 Å². The Morgan fingerprint density at radius 1 is 0.354 bits per heavy atom. The Morgan fingerprint density at radius 3 is 1.37 bits per heavy atom. The van der Waals surface area contributed by atoms with Crippen molar-refractivity contribution >= 4 is 43.6 Å². The first kappa shape index (κ1) is 37.8. The molecular weight excluding hydrogens is 793 g/mol. The van der Waals surface area contributed by atoms with E-state index in [0.717, 1.165) is 66.0 Å². The summed E-state index contributed by atoms with van der Waals surface area (Å²) in [6, 6.07) is 82.8. The molecule has 6 nitrogen and oxygen atoms in total. The third-order valence-electron chi connectivity index (χ3n) is 12.8. The van der Waals surface area contributed by atoms with E-state index in [1.165, 1.54) is 16.7 Å². The summed E-state index contributed by atoms with van der Waals surface area (Å²) in [6.07, 6.45) is 0. The molecule has 304 valence electrons. The number of hydrogen-bond acceptors (Lipinski definition) is 4. The van der Waals surface area contributed by atoms with Crippen molar-refractivity contribution in [1.29, 1.82) is 5.26 Å². The molecule has 0 atom stereocenters. The highest BCUT2D eigenvalue weighted by Gasteiger charge is 2.38. The third kappa shape index (κ3) is 6.13. The van der Waals surface area contributed by atoms with Crippen LogP contribution >= 0.6 is 0 Å². The van der Waals surface area contributed by atoms with E-state index in [1.807, 2.05) is 24.3 Å². The van der Waals surface area contributed by atoms with Gasteiger partial charge in [-0.2, -0.15) is 15.2 Å². The molecule has 0 saturated carbocycles. The van der Waals surface area contributed by atoms with Crippen LogP contribution in [-0.4, -0.2) is 24.1 Å². The smallest absolute Gasteiger partial charge is 0.238 e. The first-order valence-electron chi connectivity index (χ1n) is 21.8. The first-order valence-corrected chi connectivity index (χ1v) is 21.8. The van der Waals surface area contributed by atoms with Gasteiger partial charge in [0.25, 0.3) is 0 Å². The molecule has 0 unspecified atom stereocenters. The van der Waals surface area contributed by atoms with Crippen molar-refractivity contribution in [3.8, 4) is 40.5 Å². The van der Waals surface area contributed by atoms with Crippen LogP contribution < -0.4 is 0 Å². The second kappa shape index (κ2) is 15.5. The summed E-state index contributed by atoms with van der Waals surface area (Å²) in [7, 11) is 0. The van der Waals surface area contributed by atoms with Gasteiger partial charge in [-0.05, 0) is 70.8 Å². The van der Waals surface area contributed by atoms with Crippen LogP contribution in [0.15, 0.2) is 231 Å². The van der Waals surface area contributed by atoms with Gasteiger partial charge < -0.3 is 4.57 Å². The molecule has 0 bridgehead atoms. The molecule has 0 saturated heterocycles. The molecule has 3 heterocycles. The summed E-state index contributed by atoms with van der Waals surface area (Å²) in [5, 5.41) is 14.1. The predicted octanol–water partition coefficient (Wildman–Crippen LogP) is 13.7. The first-order chi connectivity index (χ1) is 32.2. The highest BCUT2D eigenvalue weighted by atomic mass is 15.2. The molecule has 0 aliphatic rings. The fourth-order valence-electron chi connectivity index (χ4n) is 9.90. The van der Waals surface area contributed by atoms with Gasteiger partial charge in [-0.1, -0.05) is 182 Å². The van der Waals surface area contributed by atoms with E-state index in [9.17, 15) is 5.26 Å². The molecule has 3 aromatic heterocycles. The summed E-state index contributed by atoms with van der Waals surface area (Å²) in [5.41, 5.74) is 11.5. The van der Waals surface area contributed by atoms with Gasteiger partial charge in [-0.3, -0.25) is 4.57 Å². The average Bonchev–Trinajstić information content (AvgIpc) is 3.90. The van der Waals surface area contributed by atoms with Crippen molar-refractivity contribution in [2.45, 2.75) is 5.41 Å².